The van der Waals surface area contributed by atoms with Gasteiger partial charge in [-0.25, -0.2) is 0 Å². The number of benzene rings is 1. The van der Waals surface area contributed by atoms with Crippen LogP contribution in [0.25, 0.3) is 5.69 Å². The molecule has 5 nitrogen and oxygen atoms in total. The van der Waals surface area contributed by atoms with Gasteiger partial charge < -0.3 is 5.32 Å². The Hall–Kier alpha value is -2.69. The fraction of sp³-hybridized carbons (Fsp3) is 0.409. The molecule has 0 saturated heterocycles. The summed E-state index contributed by atoms with van der Waals surface area (Å²) in [6.07, 6.45) is 1.81. The SMILES string of the molecule is CC(C)NC(=O)c1cc2c(n(-c3ccc(C(C)C)cc3)c1=O)CCCC2=O. The number of pyridine rings is 1. The van der Waals surface area contributed by atoms with Gasteiger partial charge in [0.05, 0.1) is 0 Å². The van der Waals surface area contributed by atoms with Crippen LogP contribution in [0.4, 0.5) is 0 Å². The Morgan fingerprint density at radius 1 is 1.04 bits per heavy atom. The van der Waals surface area contributed by atoms with Gasteiger partial charge >= 0.3 is 0 Å². The Kier molecular flexibility index (Phi) is 5.31. The van der Waals surface area contributed by atoms with Crippen molar-refractivity contribution < 1.29 is 9.59 Å². The van der Waals surface area contributed by atoms with Crippen molar-refractivity contribution in [2.45, 2.75) is 58.9 Å². The van der Waals surface area contributed by atoms with Crippen molar-refractivity contribution in [3.63, 3.8) is 0 Å². The highest BCUT2D eigenvalue weighted by Crippen LogP contribution is 2.24. The van der Waals surface area contributed by atoms with Crippen LogP contribution < -0.4 is 10.9 Å². The summed E-state index contributed by atoms with van der Waals surface area (Å²) in [4.78, 5) is 38.2. The lowest BCUT2D eigenvalue weighted by atomic mass is 9.92. The number of carbonyl (C=O) groups excluding carboxylic acids is 2. The van der Waals surface area contributed by atoms with E-state index >= 15 is 0 Å². The maximum Gasteiger partial charge on any atom is 0.268 e. The average Bonchev–Trinajstić information content (AvgIpc) is 2.61. The average molecular weight is 366 g/mol. The smallest absolute Gasteiger partial charge is 0.268 e. The third-order valence-electron chi connectivity index (χ3n) is 4.90. The number of hydrogen-bond donors (Lipinski definition) is 1. The number of nitrogens with zero attached hydrogens (tertiary/aromatic N) is 1. The minimum absolute atomic E-state index is 0.0117. The van der Waals surface area contributed by atoms with Crippen LogP contribution in [0.15, 0.2) is 35.1 Å². The number of amides is 1. The van der Waals surface area contributed by atoms with Crippen molar-refractivity contribution in [1.82, 2.24) is 9.88 Å². The number of hydrogen-bond acceptors (Lipinski definition) is 3. The lowest BCUT2D eigenvalue weighted by Crippen LogP contribution is -2.38. The van der Waals surface area contributed by atoms with E-state index in [4.69, 9.17) is 0 Å². The van der Waals surface area contributed by atoms with Crippen molar-refractivity contribution in [3.8, 4) is 5.69 Å². The first kappa shape index (κ1) is 19.1. The molecule has 0 fully saturated rings. The Balaban J connectivity index is 2.22. The van der Waals surface area contributed by atoms with E-state index in [-0.39, 0.29) is 22.9 Å². The molecule has 0 unspecified atom stereocenters. The molecule has 0 saturated carbocycles. The Morgan fingerprint density at radius 2 is 1.70 bits per heavy atom. The molecule has 0 atom stereocenters. The van der Waals surface area contributed by atoms with Gasteiger partial charge in [0.1, 0.15) is 5.56 Å². The highest BCUT2D eigenvalue weighted by Gasteiger charge is 2.26. The Labute approximate surface area is 159 Å². The number of carbonyl (C=O) groups is 2. The number of nitrogens with one attached hydrogen (secondary N) is 1. The van der Waals surface area contributed by atoms with Crippen molar-refractivity contribution in [2.75, 3.05) is 0 Å². The molecule has 27 heavy (non-hydrogen) atoms. The molecule has 0 bridgehead atoms. The number of rotatable bonds is 4. The number of aromatic nitrogens is 1. The molecule has 5 heteroatoms. The molecule has 0 spiro atoms. The lowest BCUT2D eigenvalue weighted by molar-refractivity contribution is 0.0941. The van der Waals surface area contributed by atoms with Crippen molar-refractivity contribution in [1.29, 1.82) is 0 Å². The molecule has 142 valence electrons. The molecule has 2 aromatic rings. The molecule has 1 N–H and O–H groups in total. The van der Waals surface area contributed by atoms with Gasteiger partial charge in [0.25, 0.3) is 11.5 Å². The quantitative estimate of drug-likeness (QED) is 0.899. The molecule has 1 amide bonds. The molecule has 1 aliphatic carbocycles. The molecule has 0 aliphatic heterocycles. The summed E-state index contributed by atoms with van der Waals surface area (Å²) in [5.74, 6) is -0.0689. The van der Waals surface area contributed by atoms with E-state index in [1.54, 1.807) is 4.57 Å². The predicted octanol–water partition coefficient (Wildman–Crippen LogP) is 3.62. The van der Waals surface area contributed by atoms with Crippen molar-refractivity contribution in [2.24, 2.45) is 0 Å². The van der Waals surface area contributed by atoms with Crippen LogP contribution in [0.5, 0.6) is 0 Å². The molecule has 1 aromatic carbocycles. The molecular weight excluding hydrogens is 340 g/mol. The summed E-state index contributed by atoms with van der Waals surface area (Å²) in [5.41, 5.74) is 2.70. The van der Waals surface area contributed by atoms with Crippen LogP contribution in [0.1, 0.15) is 78.4 Å². The van der Waals surface area contributed by atoms with Gasteiger partial charge in [-0.1, -0.05) is 26.0 Å². The second kappa shape index (κ2) is 7.51. The number of ketones is 1. The zero-order valence-electron chi connectivity index (χ0n) is 16.3. The summed E-state index contributed by atoms with van der Waals surface area (Å²) >= 11 is 0. The van der Waals surface area contributed by atoms with Crippen LogP contribution in [0.2, 0.25) is 0 Å². The number of fused-ring (bicyclic) bond motifs is 1. The molecule has 0 radical (unpaired) electrons. The molecule has 1 aromatic heterocycles. The third-order valence-corrected chi connectivity index (χ3v) is 4.90. The van der Waals surface area contributed by atoms with Gasteiger partial charge in [-0.15, -0.1) is 0 Å². The summed E-state index contributed by atoms with van der Waals surface area (Å²) < 4.78 is 1.55. The minimum Gasteiger partial charge on any atom is -0.350 e. The van der Waals surface area contributed by atoms with E-state index in [1.807, 2.05) is 38.1 Å². The lowest BCUT2D eigenvalue weighted by Gasteiger charge is -2.22. The normalized spacial score (nSPS) is 13.8. The van der Waals surface area contributed by atoms with Gasteiger partial charge in [-0.2, -0.15) is 0 Å². The Bertz CT molecular complexity index is 937. The maximum atomic E-state index is 13.2. The molecular formula is C22H26N2O3. The van der Waals surface area contributed by atoms with Gasteiger partial charge in [0, 0.05) is 29.4 Å². The summed E-state index contributed by atoms with van der Waals surface area (Å²) in [6.45, 7) is 7.90. The first-order valence-electron chi connectivity index (χ1n) is 9.53. The van der Waals surface area contributed by atoms with Crippen LogP contribution >= 0.6 is 0 Å². The highest BCUT2D eigenvalue weighted by molar-refractivity contribution is 6.02. The summed E-state index contributed by atoms with van der Waals surface area (Å²) in [7, 11) is 0. The topological polar surface area (TPSA) is 68.2 Å². The van der Waals surface area contributed by atoms with Crippen molar-refractivity contribution in [3.05, 3.63) is 63.1 Å². The van der Waals surface area contributed by atoms with Crippen molar-refractivity contribution >= 4 is 11.7 Å². The number of Topliss-reactive ketones (excluding diaryl/α,β-unsaturated/α-hetero) is 1. The Morgan fingerprint density at radius 3 is 2.30 bits per heavy atom. The van der Waals surface area contributed by atoms with Gasteiger partial charge in [-0.3, -0.25) is 19.0 Å². The van der Waals surface area contributed by atoms with E-state index in [1.165, 1.54) is 11.6 Å². The van der Waals surface area contributed by atoms with Gasteiger partial charge in [0.2, 0.25) is 0 Å². The highest BCUT2D eigenvalue weighted by atomic mass is 16.2. The van der Waals surface area contributed by atoms with Gasteiger partial charge in [0.15, 0.2) is 5.78 Å². The fourth-order valence-electron chi connectivity index (χ4n) is 3.48. The van der Waals surface area contributed by atoms with Crippen LogP contribution in [-0.4, -0.2) is 22.3 Å². The third kappa shape index (κ3) is 3.72. The van der Waals surface area contributed by atoms with Crippen LogP contribution in [0.3, 0.4) is 0 Å². The maximum absolute atomic E-state index is 13.2. The zero-order valence-corrected chi connectivity index (χ0v) is 16.3. The van der Waals surface area contributed by atoms with E-state index in [0.717, 1.165) is 0 Å². The van der Waals surface area contributed by atoms with Crippen LogP contribution in [-0.2, 0) is 6.42 Å². The predicted molar refractivity (Wildman–Crippen MR) is 106 cm³/mol. The second-order valence-electron chi connectivity index (χ2n) is 7.71. The molecule has 3 rings (SSSR count). The van der Waals surface area contributed by atoms with Crippen LogP contribution in [0, 0.1) is 0 Å². The van der Waals surface area contributed by atoms with E-state index in [0.29, 0.717) is 42.1 Å². The van der Waals surface area contributed by atoms with E-state index < -0.39 is 5.91 Å². The van der Waals surface area contributed by atoms with E-state index in [9.17, 15) is 14.4 Å². The van der Waals surface area contributed by atoms with Gasteiger partial charge in [-0.05, 0) is 56.4 Å². The standard InChI is InChI=1S/C22H26N2O3/c1-13(2)15-8-10-16(11-9-15)24-19-6-5-7-20(25)17(19)12-18(22(24)27)21(26)23-14(3)4/h8-14H,5-7H2,1-4H3,(H,23,26). The molecule has 1 heterocycles. The largest absolute Gasteiger partial charge is 0.350 e. The zero-order chi connectivity index (χ0) is 19.7. The first-order valence-corrected chi connectivity index (χ1v) is 9.53. The second-order valence-corrected chi connectivity index (χ2v) is 7.71. The molecule has 1 aliphatic rings. The summed E-state index contributed by atoms with van der Waals surface area (Å²) in [6, 6.07) is 9.15. The minimum atomic E-state index is -0.441. The summed E-state index contributed by atoms with van der Waals surface area (Å²) in [5, 5.41) is 2.76. The van der Waals surface area contributed by atoms with E-state index in [2.05, 4.69) is 19.2 Å². The monoisotopic (exact) mass is 366 g/mol. The fourth-order valence-corrected chi connectivity index (χ4v) is 3.48. The first-order chi connectivity index (χ1) is 12.8.